The average Bonchev–Trinajstić information content (AvgIpc) is 2.88. The van der Waals surface area contributed by atoms with Crippen molar-refractivity contribution >= 4 is 11.6 Å². The summed E-state index contributed by atoms with van der Waals surface area (Å²) in [5.41, 5.74) is 10.2. The van der Waals surface area contributed by atoms with E-state index in [0.717, 1.165) is 17.5 Å². The molecule has 2 aromatic rings. The number of nitrogens with two attached hydrogens (primary N) is 1. The van der Waals surface area contributed by atoms with Gasteiger partial charge >= 0.3 is 0 Å². The molecule has 1 saturated heterocycles. The van der Waals surface area contributed by atoms with Crippen LogP contribution in [0, 0.1) is 6.92 Å². The molecule has 0 aromatic heterocycles. The van der Waals surface area contributed by atoms with Gasteiger partial charge < -0.3 is 16.0 Å². The lowest BCUT2D eigenvalue weighted by atomic mass is 9.67. The number of piperidine rings is 1. The van der Waals surface area contributed by atoms with E-state index >= 15 is 0 Å². The molecule has 0 spiro atoms. The number of likely N-dealkylation sites (tertiary alicyclic amines) is 1. The minimum absolute atomic E-state index is 0.0645. The first-order valence-corrected chi connectivity index (χ1v) is 13.7. The summed E-state index contributed by atoms with van der Waals surface area (Å²) in [7, 11) is 0. The highest BCUT2D eigenvalue weighted by atomic mass is 35.5. The fourth-order valence-corrected chi connectivity index (χ4v) is 5.94. The lowest BCUT2D eigenvalue weighted by molar-refractivity contribution is 0.209. The summed E-state index contributed by atoms with van der Waals surface area (Å²) in [6.07, 6.45) is 11.2. The molecule has 35 heavy (non-hydrogen) atoms. The molecule has 3 N–H and O–H groups in total. The van der Waals surface area contributed by atoms with Gasteiger partial charge in [0, 0.05) is 22.7 Å². The smallest absolute Gasteiger partial charge is 0.0406 e. The van der Waals surface area contributed by atoms with Gasteiger partial charge in [0.25, 0.3) is 0 Å². The van der Waals surface area contributed by atoms with Crippen molar-refractivity contribution in [2.45, 2.75) is 69.6 Å². The van der Waals surface area contributed by atoms with Gasteiger partial charge in [0.2, 0.25) is 0 Å². The Morgan fingerprint density at radius 2 is 1.77 bits per heavy atom. The van der Waals surface area contributed by atoms with Crippen LogP contribution in [-0.2, 0) is 5.41 Å². The minimum atomic E-state index is 0.0645. The molecule has 1 saturated carbocycles. The van der Waals surface area contributed by atoms with Crippen molar-refractivity contribution in [3.8, 4) is 0 Å². The van der Waals surface area contributed by atoms with Crippen LogP contribution >= 0.6 is 11.6 Å². The molecule has 4 rings (SSSR count). The molecule has 4 heteroatoms. The maximum atomic E-state index is 6.16. The van der Waals surface area contributed by atoms with Gasteiger partial charge in [0.1, 0.15) is 0 Å². The Morgan fingerprint density at radius 3 is 2.40 bits per heavy atom. The van der Waals surface area contributed by atoms with Gasteiger partial charge in [-0.25, -0.2) is 0 Å². The highest BCUT2D eigenvalue weighted by molar-refractivity contribution is 6.30. The zero-order valence-electron chi connectivity index (χ0n) is 21.6. The third kappa shape index (κ3) is 7.62. The van der Waals surface area contributed by atoms with Crippen LogP contribution in [0.1, 0.15) is 74.0 Å². The van der Waals surface area contributed by atoms with Gasteiger partial charge in [-0.3, -0.25) is 0 Å². The molecule has 2 aromatic carbocycles. The topological polar surface area (TPSA) is 41.3 Å². The van der Waals surface area contributed by atoms with E-state index in [9.17, 15) is 0 Å². The Bertz CT molecular complexity index is 922. The third-order valence-corrected chi connectivity index (χ3v) is 8.02. The Kier molecular flexibility index (Phi) is 10.7. The standard InChI is InChI=1S/C29H39ClN2.C2H5N/c1-23-8-6-9-26(22-23)25-14-20-32(21-15-25)19-7-18-31-24(2)29(16-4-3-5-17-29)27-10-12-28(30)13-11-27;1-2-3/h6,8-13,22,25,31H,2-5,7,14-21H2,1H3;2H,1,3H2. The summed E-state index contributed by atoms with van der Waals surface area (Å²) in [6, 6.07) is 17.6. The summed E-state index contributed by atoms with van der Waals surface area (Å²) < 4.78 is 0. The summed E-state index contributed by atoms with van der Waals surface area (Å²) in [5, 5.41) is 4.54. The molecule has 1 aliphatic heterocycles. The zero-order chi connectivity index (χ0) is 25.1. The normalized spacial score (nSPS) is 18.2. The molecule has 0 amide bonds. The number of hydrogen-bond donors (Lipinski definition) is 2. The van der Waals surface area contributed by atoms with Crippen molar-refractivity contribution in [2.24, 2.45) is 5.73 Å². The van der Waals surface area contributed by atoms with Crippen LogP contribution < -0.4 is 11.1 Å². The molecule has 1 heterocycles. The molecule has 3 nitrogen and oxygen atoms in total. The number of nitrogens with zero attached hydrogens (tertiary/aromatic N) is 1. The summed E-state index contributed by atoms with van der Waals surface area (Å²) in [5.74, 6) is 0.731. The van der Waals surface area contributed by atoms with Crippen LogP contribution in [0.5, 0.6) is 0 Å². The van der Waals surface area contributed by atoms with Crippen LogP contribution in [0.25, 0.3) is 0 Å². The van der Waals surface area contributed by atoms with Crippen molar-refractivity contribution in [3.63, 3.8) is 0 Å². The van der Waals surface area contributed by atoms with Crippen LogP contribution in [0.2, 0.25) is 5.02 Å². The maximum absolute atomic E-state index is 6.16. The van der Waals surface area contributed by atoms with E-state index < -0.39 is 0 Å². The van der Waals surface area contributed by atoms with Gasteiger partial charge in [-0.15, -0.1) is 0 Å². The van der Waals surface area contributed by atoms with Crippen LogP contribution in [0.15, 0.2) is 73.6 Å². The Labute approximate surface area is 218 Å². The van der Waals surface area contributed by atoms with Gasteiger partial charge in [-0.2, -0.15) is 0 Å². The van der Waals surface area contributed by atoms with E-state index in [1.165, 1.54) is 99.6 Å². The molecule has 0 atom stereocenters. The van der Waals surface area contributed by atoms with Crippen molar-refractivity contribution in [1.29, 1.82) is 0 Å². The van der Waals surface area contributed by atoms with E-state index in [1.807, 2.05) is 12.1 Å². The van der Waals surface area contributed by atoms with E-state index in [-0.39, 0.29) is 5.41 Å². The second-order valence-corrected chi connectivity index (χ2v) is 10.6. The predicted octanol–water partition coefficient (Wildman–Crippen LogP) is 7.31. The van der Waals surface area contributed by atoms with Crippen molar-refractivity contribution < 1.29 is 0 Å². The van der Waals surface area contributed by atoms with Crippen LogP contribution in [0.4, 0.5) is 0 Å². The van der Waals surface area contributed by atoms with E-state index in [0.29, 0.717) is 0 Å². The molecule has 0 bridgehead atoms. The number of halogens is 1. The van der Waals surface area contributed by atoms with Gasteiger partial charge in [-0.1, -0.05) is 86.0 Å². The number of allylic oxidation sites excluding steroid dienone is 1. The van der Waals surface area contributed by atoms with Gasteiger partial charge in [-0.05, 0) is 94.0 Å². The molecule has 1 aliphatic carbocycles. The average molecular weight is 494 g/mol. The maximum Gasteiger partial charge on any atom is 0.0406 e. The van der Waals surface area contributed by atoms with E-state index in [2.05, 4.69) is 72.4 Å². The number of aryl methyl sites for hydroxylation is 1. The van der Waals surface area contributed by atoms with E-state index in [4.69, 9.17) is 11.6 Å². The summed E-state index contributed by atoms with van der Waals surface area (Å²) in [6.45, 7) is 14.5. The lowest BCUT2D eigenvalue weighted by Gasteiger charge is -2.40. The highest BCUT2D eigenvalue weighted by Gasteiger charge is 2.36. The number of benzene rings is 2. The quantitative estimate of drug-likeness (QED) is 0.378. The number of nitrogens with one attached hydrogen (secondary N) is 1. The fourth-order valence-electron chi connectivity index (χ4n) is 5.81. The lowest BCUT2D eigenvalue weighted by Crippen LogP contribution is -2.39. The Hall–Kier alpha value is -2.23. The zero-order valence-corrected chi connectivity index (χ0v) is 22.3. The second-order valence-electron chi connectivity index (χ2n) is 10.2. The monoisotopic (exact) mass is 493 g/mol. The summed E-state index contributed by atoms with van der Waals surface area (Å²) in [4.78, 5) is 2.65. The largest absolute Gasteiger partial charge is 0.405 e. The first kappa shape index (κ1) is 27.4. The number of rotatable bonds is 8. The Balaban J connectivity index is 0.00000108. The summed E-state index contributed by atoms with van der Waals surface area (Å²) >= 11 is 6.16. The van der Waals surface area contributed by atoms with Crippen molar-refractivity contribution in [3.05, 3.63) is 95.3 Å². The van der Waals surface area contributed by atoms with Crippen LogP contribution in [0.3, 0.4) is 0 Å². The molecular weight excluding hydrogens is 450 g/mol. The first-order valence-electron chi connectivity index (χ1n) is 13.3. The van der Waals surface area contributed by atoms with Gasteiger partial charge in [0.15, 0.2) is 0 Å². The molecule has 2 aliphatic rings. The first-order chi connectivity index (χ1) is 17.0. The molecule has 0 unspecified atom stereocenters. The van der Waals surface area contributed by atoms with Crippen molar-refractivity contribution in [2.75, 3.05) is 26.2 Å². The van der Waals surface area contributed by atoms with Crippen molar-refractivity contribution in [1.82, 2.24) is 10.2 Å². The molecular formula is C31H44ClN3. The number of hydrogen-bond acceptors (Lipinski definition) is 3. The molecule has 0 radical (unpaired) electrons. The predicted molar refractivity (Wildman–Crippen MR) is 152 cm³/mol. The Morgan fingerprint density at radius 1 is 1.11 bits per heavy atom. The van der Waals surface area contributed by atoms with E-state index in [1.54, 1.807) is 0 Å². The second kappa shape index (κ2) is 13.8. The molecule has 2 fully saturated rings. The third-order valence-electron chi connectivity index (χ3n) is 7.77. The van der Waals surface area contributed by atoms with Crippen LogP contribution in [-0.4, -0.2) is 31.1 Å². The highest BCUT2D eigenvalue weighted by Crippen LogP contribution is 2.43. The fraction of sp³-hybridized carbons (Fsp3) is 0.484. The van der Waals surface area contributed by atoms with Gasteiger partial charge in [0.05, 0.1) is 0 Å². The molecule has 190 valence electrons. The minimum Gasteiger partial charge on any atom is -0.405 e. The SMILES string of the molecule is C=C(NCCCN1CCC(c2cccc(C)c2)CC1)C1(c2ccc(Cl)cc2)CCCCC1.C=CN.